The molecule has 0 saturated carbocycles. The van der Waals surface area contributed by atoms with Crippen molar-refractivity contribution in [2.75, 3.05) is 13.2 Å². The van der Waals surface area contributed by atoms with Crippen LogP contribution in [0.3, 0.4) is 0 Å². The topological polar surface area (TPSA) is 105 Å². The van der Waals surface area contributed by atoms with E-state index in [4.69, 9.17) is 18.5 Å². The minimum atomic E-state index is -5.40. The van der Waals surface area contributed by atoms with Gasteiger partial charge in [-0.15, -0.1) is 0 Å². The summed E-state index contributed by atoms with van der Waals surface area (Å²) in [5.74, 6) is -14.4. The van der Waals surface area contributed by atoms with Crippen molar-refractivity contribution in [3.05, 3.63) is 119 Å². The fraction of sp³-hybridized carbons (Fsp3) is 0.188. The first-order valence-corrected chi connectivity index (χ1v) is 17.5. The Morgan fingerprint density at radius 1 is 0.460 bits per heavy atom. The maximum absolute atomic E-state index is 14.7. The molecule has 0 spiro atoms. The molecule has 0 N–H and O–H groups in total. The molecule has 0 saturated heterocycles. The van der Waals surface area contributed by atoms with Crippen LogP contribution in [-0.2, 0) is 37.2 Å². The zero-order valence-corrected chi connectivity index (χ0v) is 27.5. The normalized spacial score (nSPS) is 13.1. The van der Waals surface area contributed by atoms with Crippen LogP contribution < -0.4 is 21.2 Å². The molecular formula is C32H24F8O8P2. The first kappa shape index (κ1) is 38.4. The van der Waals surface area contributed by atoms with Crippen molar-refractivity contribution in [1.29, 1.82) is 0 Å². The SMILES string of the molecule is CCOC(=O)[C@H](OP(=O)(c1cc(F)cc(F)c1)c1cc(F)cc(F)c1)[C@@H](OP(=O)(c1cc(F)cc(F)c1)c1cc(F)cc(F)c1)C(=O)OCC. The third-order valence-corrected chi connectivity index (χ3v) is 11.4. The molecular weight excluding hydrogens is 726 g/mol. The average Bonchev–Trinajstić information content (AvgIpc) is 3.00. The van der Waals surface area contributed by atoms with Crippen LogP contribution >= 0.6 is 14.7 Å². The third kappa shape index (κ3) is 8.67. The Kier molecular flexibility index (Phi) is 12.1. The zero-order valence-electron chi connectivity index (χ0n) is 25.7. The number of halogens is 8. The van der Waals surface area contributed by atoms with Crippen LogP contribution in [0.5, 0.6) is 0 Å². The van der Waals surface area contributed by atoms with Gasteiger partial charge in [-0.05, 0) is 62.4 Å². The summed E-state index contributed by atoms with van der Waals surface area (Å²) in [5.41, 5.74) is 0. The Morgan fingerprint density at radius 3 is 0.840 bits per heavy atom. The molecule has 0 heterocycles. The minimum Gasteiger partial charge on any atom is -0.464 e. The van der Waals surface area contributed by atoms with E-state index in [9.17, 15) is 53.8 Å². The maximum Gasteiger partial charge on any atom is 0.339 e. The lowest BCUT2D eigenvalue weighted by Crippen LogP contribution is -2.46. The minimum absolute atomic E-state index is 0.333. The van der Waals surface area contributed by atoms with Gasteiger partial charge in [0.2, 0.25) is 0 Å². The molecule has 0 amide bonds. The first-order valence-electron chi connectivity index (χ1n) is 14.3. The Labute approximate surface area is 278 Å². The Hall–Kier alpha value is -4.36. The molecule has 8 nitrogen and oxygen atoms in total. The molecule has 0 fully saturated rings. The quantitative estimate of drug-likeness (QED) is 0.0953. The second-order valence-electron chi connectivity index (χ2n) is 10.2. The Balaban J connectivity index is 2.03. The van der Waals surface area contributed by atoms with Crippen molar-refractivity contribution >= 4 is 47.9 Å². The molecule has 0 radical (unpaired) electrons. The highest BCUT2D eigenvalue weighted by Crippen LogP contribution is 2.51. The lowest BCUT2D eigenvalue weighted by Gasteiger charge is -2.31. The van der Waals surface area contributed by atoms with E-state index in [1.165, 1.54) is 13.8 Å². The van der Waals surface area contributed by atoms with Crippen LogP contribution in [0.1, 0.15) is 13.8 Å². The Bertz CT molecular complexity index is 1690. The summed E-state index contributed by atoms with van der Waals surface area (Å²) in [6, 6.07) is 4.71. The van der Waals surface area contributed by atoms with E-state index in [2.05, 4.69) is 0 Å². The molecule has 50 heavy (non-hydrogen) atoms. The summed E-state index contributed by atoms with van der Waals surface area (Å²) in [5, 5.41) is -3.84. The number of hydrogen-bond donors (Lipinski definition) is 0. The molecule has 266 valence electrons. The molecule has 0 aliphatic rings. The molecule has 2 atom stereocenters. The fourth-order valence-corrected chi connectivity index (χ4v) is 9.05. The van der Waals surface area contributed by atoms with E-state index in [0.717, 1.165) is 0 Å². The smallest absolute Gasteiger partial charge is 0.339 e. The summed E-state index contributed by atoms with van der Waals surface area (Å²) in [7, 11) is -10.8. The van der Waals surface area contributed by atoms with Gasteiger partial charge in [0.15, 0.2) is 12.2 Å². The highest BCUT2D eigenvalue weighted by Gasteiger charge is 2.49. The molecule has 4 aromatic carbocycles. The van der Waals surface area contributed by atoms with Crippen molar-refractivity contribution in [3.63, 3.8) is 0 Å². The van der Waals surface area contributed by atoms with Gasteiger partial charge in [0.1, 0.15) is 46.5 Å². The van der Waals surface area contributed by atoms with Gasteiger partial charge < -0.3 is 18.5 Å². The summed E-state index contributed by atoms with van der Waals surface area (Å²) >= 11 is 0. The summed E-state index contributed by atoms with van der Waals surface area (Å²) in [4.78, 5) is 27.0. The van der Waals surface area contributed by atoms with Gasteiger partial charge in [0.05, 0.1) is 13.2 Å². The largest absolute Gasteiger partial charge is 0.464 e. The van der Waals surface area contributed by atoms with Crippen molar-refractivity contribution < 1.29 is 72.4 Å². The van der Waals surface area contributed by atoms with Crippen LogP contribution in [0.25, 0.3) is 0 Å². The van der Waals surface area contributed by atoms with Crippen molar-refractivity contribution in [3.8, 4) is 0 Å². The van der Waals surface area contributed by atoms with Crippen LogP contribution in [0, 0.1) is 46.5 Å². The zero-order chi connectivity index (χ0) is 37.0. The number of esters is 2. The predicted molar refractivity (Wildman–Crippen MR) is 162 cm³/mol. The lowest BCUT2D eigenvalue weighted by atomic mass is 10.2. The molecule has 0 aromatic heterocycles. The number of hydrogen-bond acceptors (Lipinski definition) is 8. The van der Waals surface area contributed by atoms with Gasteiger partial charge >= 0.3 is 11.9 Å². The van der Waals surface area contributed by atoms with E-state index in [0.29, 0.717) is 72.8 Å². The van der Waals surface area contributed by atoms with E-state index < -0.39 is 120 Å². The molecule has 0 aliphatic carbocycles. The van der Waals surface area contributed by atoms with E-state index in [1.54, 1.807) is 0 Å². The molecule has 4 rings (SSSR count). The van der Waals surface area contributed by atoms with Crippen LogP contribution in [0.15, 0.2) is 72.8 Å². The molecule has 18 heteroatoms. The number of carbonyl (C=O) groups excluding carboxylic acids is 2. The van der Waals surface area contributed by atoms with Crippen molar-refractivity contribution in [2.45, 2.75) is 26.1 Å². The second-order valence-corrected chi connectivity index (χ2v) is 14.9. The average molecular weight is 750 g/mol. The van der Waals surface area contributed by atoms with E-state index in [-0.39, 0.29) is 0 Å². The summed E-state index contributed by atoms with van der Waals surface area (Å²) in [6.45, 7) is 1.47. The number of ether oxygens (including phenoxy) is 2. The van der Waals surface area contributed by atoms with Crippen molar-refractivity contribution in [1.82, 2.24) is 0 Å². The van der Waals surface area contributed by atoms with Crippen LogP contribution in [0.4, 0.5) is 35.1 Å². The summed E-state index contributed by atoms with van der Waals surface area (Å²) < 4.78 is 166. The fourth-order valence-electron chi connectivity index (χ4n) is 4.59. The molecule has 0 aliphatic heterocycles. The van der Waals surface area contributed by atoms with Crippen LogP contribution in [0.2, 0.25) is 0 Å². The lowest BCUT2D eigenvalue weighted by molar-refractivity contribution is -0.168. The number of benzene rings is 4. The van der Waals surface area contributed by atoms with Gasteiger partial charge in [-0.3, -0.25) is 9.13 Å². The van der Waals surface area contributed by atoms with Gasteiger partial charge in [-0.1, -0.05) is 0 Å². The van der Waals surface area contributed by atoms with E-state index in [1.807, 2.05) is 0 Å². The number of rotatable bonds is 13. The van der Waals surface area contributed by atoms with Crippen LogP contribution in [-0.4, -0.2) is 37.4 Å². The van der Waals surface area contributed by atoms with Gasteiger partial charge in [0.25, 0.3) is 14.7 Å². The second kappa shape index (κ2) is 15.7. The molecule has 4 aromatic rings. The van der Waals surface area contributed by atoms with Crippen molar-refractivity contribution in [2.24, 2.45) is 0 Å². The molecule has 0 unspecified atom stereocenters. The monoisotopic (exact) mass is 750 g/mol. The predicted octanol–water partition coefficient (Wildman–Crippen LogP) is 5.85. The molecule has 0 bridgehead atoms. The highest BCUT2D eigenvalue weighted by atomic mass is 31.2. The number of carbonyl (C=O) groups is 2. The third-order valence-electron chi connectivity index (χ3n) is 6.59. The van der Waals surface area contributed by atoms with E-state index >= 15 is 0 Å². The maximum atomic E-state index is 14.7. The highest BCUT2D eigenvalue weighted by molar-refractivity contribution is 7.74. The Morgan fingerprint density at radius 2 is 0.660 bits per heavy atom. The standard InChI is InChI=1S/C32H24F8O8P2/c1-3-45-31(41)29(47-49(43,25-9-17(33)5-18(34)10-25)26-11-19(35)6-20(36)12-26)30(32(42)46-4-2)48-50(44,27-13-21(37)7-22(38)14-27)28-15-23(39)8-24(40)16-28/h5-16,29-30H,3-4H2,1-2H3/t29-,30-/m1/s1. The van der Waals surface area contributed by atoms with Gasteiger partial charge in [-0.2, -0.15) is 0 Å². The first-order chi connectivity index (χ1) is 23.5. The summed E-state index contributed by atoms with van der Waals surface area (Å²) in [6.07, 6.45) is -5.61. The van der Waals surface area contributed by atoms with Gasteiger partial charge in [-0.25, -0.2) is 44.7 Å². The van der Waals surface area contributed by atoms with Gasteiger partial charge in [0, 0.05) is 45.5 Å².